The molecule has 0 fully saturated rings. The van der Waals surface area contributed by atoms with E-state index in [-0.39, 0.29) is 11.9 Å². The molecular formula is C28H29N3O4. The van der Waals surface area contributed by atoms with Crippen LogP contribution in [0.2, 0.25) is 0 Å². The van der Waals surface area contributed by atoms with Gasteiger partial charge in [-0.15, -0.1) is 0 Å². The number of H-pyrrole nitrogens is 1. The first-order valence-corrected chi connectivity index (χ1v) is 11.9. The number of methoxy groups -OCH3 is 1. The molecule has 1 N–H and O–H groups in total. The Hall–Kier alpha value is -4.00. The standard InChI is InChI=1S/C28H29N3O4/c1-4-5-14-35-22-13-12-20(16-23(22)33-3)27-24-25(19-10-8-18(2)9-11-19)29-30-26(24)28(32)31(27)17-21-7-6-15-34-21/h6-13,15-16,27H,4-5,14,17H2,1-3H3,(H,29,30). The highest BCUT2D eigenvalue weighted by Crippen LogP contribution is 2.45. The van der Waals surface area contributed by atoms with Crippen LogP contribution >= 0.6 is 0 Å². The van der Waals surface area contributed by atoms with E-state index in [2.05, 4.69) is 17.1 Å². The van der Waals surface area contributed by atoms with Gasteiger partial charge in [0.15, 0.2) is 11.5 Å². The second kappa shape index (κ2) is 9.70. The van der Waals surface area contributed by atoms with E-state index in [1.54, 1.807) is 13.4 Å². The van der Waals surface area contributed by atoms with Gasteiger partial charge in [-0.25, -0.2) is 0 Å². The third-order valence-corrected chi connectivity index (χ3v) is 6.35. The van der Waals surface area contributed by atoms with Gasteiger partial charge in [0.1, 0.15) is 11.5 Å². The molecule has 0 bridgehead atoms. The largest absolute Gasteiger partial charge is 0.493 e. The molecule has 35 heavy (non-hydrogen) atoms. The van der Waals surface area contributed by atoms with Gasteiger partial charge >= 0.3 is 0 Å². The predicted octanol–water partition coefficient (Wildman–Crippen LogP) is 5.91. The summed E-state index contributed by atoms with van der Waals surface area (Å²) in [6.07, 6.45) is 3.64. The SMILES string of the molecule is CCCCOc1ccc(C2c3c(-c4ccc(C)cc4)n[nH]c3C(=O)N2Cc2ccco2)cc1OC. The molecule has 2 aromatic carbocycles. The molecule has 7 heteroatoms. The van der Waals surface area contributed by atoms with Gasteiger partial charge in [0, 0.05) is 11.1 Å². The van der Waals surface area contributed by atoms with Crippen molar-refractivity contribution in [3.63, 3.8) is 0 Å². The van der Waals surface area contributed by atoms with Crippen LogP contribution in [-0.2, 0) is 6.54 Å². The molecule has 4 aromatic rings. The Labute approximate surface area is 204 Å². The molecule has 5 rings (SSSR count). The Balaban J connectivity index is 1.60. The number of unbranched alkanes of at least 4 members (excludes halogenated alkanes) is 1. The first-order chi connectivity index (χ1) is 17.1. The number of furan rings is 1. The van der Waals surface area contributed by atoms with Crippen LogP contribution in [-0.4, -0.2) is 34.7 Å². The number of rotatable bonds is 9. The lowest BCUT2D eigenvalue weighted by molar-refractivity contribution is 0.0716. The van der Waals surface area contributed by atoms with Crippen LogP contribution in [0, 0.1) is 6.92 Å². The second-order valence-corrected chi connectivity index (χ2v) is 8.75. The average Bonchev–Trinajstić information content (AvgIpc) is 3.60. The first kappa shape index (κ1) is 22.8. The van der Waals surface area contributed by atoms with E-state index in [9.17, 15) is 4.79 Å². The number of ether oxygens (including phenoxy) is 2. The second-order valence-electron chi connectivity index (χ2n) is 8.75. The molecule has 0 saturated carbocycles. The fraction of sp³-hybridized carbons (Fsp3) is 0.286. The molecular weight excluding hydrogens is 442 g/mol. The number of fused-ring (bicyclic) bond motifs is 1. The average molecular weight is 472 g/mol. The fourth-order valence-corrected chi connectivity index (χ4v) is 4.51. The van der Waals surface area contributed by atoms with Crippen LogP contribution in [0.4, 0.5) is 0 Å². The van der Waals surface area contributed by atoms with Crippen LogP contribution in [0.1, 0.15) is 58.7 Å². The van der Waals surface area contributed by atoms with Crippen LogP contribution in [0.5, 0.6) is 11.5 Å². The third kappa shape index (κ3) is 4.30. The van der Waals surface area contributed by atoms with Crippen molar-refractivity contribution >= 4 is 5.91 Å². The lowest BCUT2D eigenvalue weighted by Gasteiger charge is -2.26. The molecule has 0 aliphatic carbocycles. The number of nitrogens with zero attached hydrogens (tertiary/aromatic N) is 2. The van der Waals surface area contributed by atoms with E-state index in [1.807, 2.05) is 66.4 Å². The van der Waals surface area contributed by atoms with Crippen LogP contribution in [0.15, 0.2) is 65.3 Å². The lowest BCUT2D eigenvalue weighted by atomic mass is 9.95. The van der Waals surface area contributed by atoms with Crippen molar-refractivity contribution in [3.8, 4) is 22.8 Å². The predicted molar refractivity (Wildman–Crippen MR) is 133 cm³/mol. The summed E-state index contributed by atoms with van der Waals surface area (Å²) in [6.45, 7) is 5.14. The molecule has 1 atom stereocenters. The summed E-state index contributed by atoms with van der Waals surface area (Å²) in [7, 11) is 1.63. The molecule has 7 nitrogen and oxygen atoms in total. The summed E-state index contributed by atoms with van der Waals surface area (Å²) in [5.41, 5.74) is 5.15. The Morgan fingerprint density at radius 2 is 1.94 bits per heavy atom. The fourth-order valence-electron chi connectivity index (χ4n) is 4.51. The summed E-state index contributed by atoms with van der Waals surface area (Å²) in [5.74, 6) is 1.93. The minimum atomic E-state index is -0.365. The van der Waals surface area contributed by atoms with Gasteiger partial charge in [-0.05, 0) is 43.2 Å². The van der Waals surface area contributed by atoms with Crippen molar-refractivity contribution in [2.24, 2.45) is 0 Å². The van der Waals surface area contributed by atoms with E-state index in [1.165, 1.54) is 0 Å². The monoisotopic (exact) mass is 471 g/mol. The lowest BCUT2D eigenvalue weighted by Crippen LogP contribution is -2.29. The molecule has 1 aliphatic rings. The summed E-state index contributed by atoms with van der Waals surface area (Å²) in [4.78, 5) is 15.4. The zero-order valence-electron chi connectivity index (χ0n) is 20.2. The number of aryl methyl sites for hydroxylation is 1. The zero-order valence-corrected chi connectivity index (χ0v) is 20.2. The van der Waals surface area contributed by atoms with E-state index >= 15 is 0 Å². The molecule has 1 amide bonds. The minimum Gasteiger partial charge on any atom is -0.493 e. The van der Waals surface area contributed by atoms with Crippen molar-refractivity contribution in [1.82, 2.24) is 15.1 Å². The number of aromatic amines is 1. The number of nitrogens with one attached hydrogen (secondary N) is 1. The molecule has 2 aromatic heterocycles. The number of amides is 1. The Morgan fingerprint density at radius 3 is 2.66 bits per heavy atom. The van der Waals surface area contributed by atoms with Crippen molar-refractivity contribution in [3.05, 3.63) is 89.0 Å². The number of aromatic nitrogens is 2. The number of carbonyl (C=O) groups is 1. The maximum absolute atomic E-state index is 13.6. The number of carbonyl (C=O) groups excluding carboxylic acids is 1. The summed E-state index contributed by atoms with van der Waals surface area (Å²) in [5, 5.41) is 7.56. The molecule has 0 radical (unpaired) electrons. The van der Waals surface area contributed by atoms with Crippen LogP contribution in [0.3, 0.4) is 0 Å². The molecule has 1 unspecified atom stereocenters. The normalized spacial score (nSPS) is 14.9. The van der Waals surface area contributed by atoms with E-state index < -0.39 is 0 Å². The van der Waals surface area contributed by atoms with Crippen LogP contribution < -0.4 is 9.47 Å². The van der Waals surface area contributed by atoms with Gasteiger partial charge < -0.3 is 18.8 Å². The third-order valence-electron chi connectivity index (χ3n) is 6.35. The molecule has 3 heterocycles. The van der Waals surface area contributed by atoms with Gasteiger partial charge in [-0.2, -0.15) is 5.10 Å². The van der Waals surface area contributed by atoms with Gasteiger partial charge in [-0.1, -0.05) is 49.2 Å². The number of benzene rings is 2. The van der Waals surface area contributed by atoms with Gasteiger partial charge in [-0.3, -0.25) is 9.89 Å². The summed E-state index contributed by atoms with van der Waals surface area (Å²) < 4.78 is 17.2. The van der Waals surface area contributed by atoms with Gasteiger partial charge in [0.05, 0.1) is 38.3 Å². The highest BCUT2D eigenvalue weighted by atomic mass is 16.5. The van der Waals surface area contributed by atoms with Crippen molar-refractivity contribution < 1.29 is 18.7 Å². The van der Waals surface area contributed by atoms with Crippen molar-refractivity contribution in [2.45, 2.75) is 39.3 Å². The Morgan fingerprint density at radius 1 is 1.11 bits per heavy atom. The van der Waals surface area contributed by atoms with E-state index in [0.29, 0.717) is 36.1 Å². The topological polar surface area (TPSA) is 80.6 Å². The highest BCUT2D eigenvalue weighted by Gasteiger charge is 2.42. The van der Waals surface area contributed by atoms with Crippen LogP contribution in [0.25, 0.3) is 11.3 Å². The summed E-state index contributed by atoms with van der Waals surface area (Å²) >= 11 is 0. The minimum absolute atomic E-state index is 0.116. The van der Waals surface area contributed by atoms with E-state index in [0.717, 1.165) is 40.8 Å². The number of hydrogen-bond donors (Lipinski definition) is 1. The maximum Gasteiger partial charge on any atom is 0.273 e. The maximum atomic E-state index is 13.6. The highest BCUT2D eigenvalue weighted by molar-refractivity contribution is 6.00. The Bertz CT molecular complexity index is 1310. The Kier molecular flexibility index (Phi) is 6.31. The molecule has 1 aliphatic heterocycles. The quantitative estimate of drug-likeness (QED) is 0.307. The van der Waals surface area contributed by atoms with Gasteiger partial charge in [0.25, 0.3) is 5.91 Å². The first-order valence-electron chi connectivity index (χ1n) is 11.9. The van der Waals surface area contributed by atoms with E-state index in [4.69, 9.17) is 13.9 Å². The summed E-state index contributed by atoms with van der Waals surface area (Å²) in [6, 6.07) is 17.4. The molecule has 0 saturated heterocycles. The number of hydrogen-bond acceptors (Lipinski definition) is 5. The smallest absolute Gasteiger partial charge is 0.273 e. The molecule has 180 valence electrons. The zero-order chi connectivity index (χ0) is 24.4. The van der Waals surface area contributed by atoms with Gasteiger partial charge in [0.2, 0.25) is 0 Å². The van der Waals surface area contributed by atoms with Crippen molar-refractivity contribution in [1.29, 1.82) is 0 Å². The van der Waals surface area contributed by atoms with Crippen molar-refractivity contribution in [2.75, 3.05) is 13.7 Å². The molecule has 0 spiro atoms.